The normalized spacial score (nSPS) is 14.6. The molecule has 5 rings (SSSR count). The van der Waals surface area contributed by atoms with Crippen LogP contribution in [0.4, 0.5) is 9.59 Å². The van der Waals surface area contributed by atoms with Gasteiger partial charge in [-0.05, 0) is 42.9 Å². The van der Waals surface area contributed by atoms with Gasteiger partial charge < -0.3 is 30.3 Å². The maximum absolute atomic E-state index is 14.2. The number of nitrogens with one attached hydrogen (secondary N) is 3. The Labute approximate surface area is 326 Å². The molecule has 3 N–H and O–H groups in total. The van der Waals surface area contributed by atoms with Crippen LogP contribution in [0.25, 0.3) is 0 Å². The van der Waals surface area contributed by atoms with Gasteiger partial charge in [-0.2, -0.15) is 0 Å². The van der Waals surface area contributed by atoms with E-state index in [0.29, 0.717) is 57.9 Å². The molecule has 0 saturated carbocycles. The molecule has 2 aromatic carbocycles. The number of hydrogen-bond acceptors (Lipinski definition) is 10. The number of carbonyl (C=O) groups excluding carboxylic acids is 3. The molecule has 4 amide bonds. The number of rotatable bonds is 18. The van der Waals surface area contributed by atoms with Gasteiger partial charge in [0, 0.05) is 56.3 Å². The molecule has 12 nitrogen and oxygen atoms in total. The molecule has 2 aromatic heterocycles. The highest BCUT2D eigenvalue weighted by molar-refractivity contribution is 7.09. The third kappa shape index (κ3) is 13.7. The van der Waals surface area contributed by atoms with Gasteiger partial charge in [-0.3, -0.25) is 14.7 Å². The number of thiazole rings is 2. The van der Waals surface area contributed by atoms with Crippen LogP contribution >= 0.6 is 22.7 Å². The van der Waals surface area contributed by atoms with E-state index in [1.54, 1.807) is 36.2 Å². The zero-order chi connectivity index (χ0) is 38.1. The van der Waals surface area contributed by atoms with Gasteiger partial charge in [-0.15, -0.1) is 22.7 Å². The number of hydrogen-bond donors (Lipinski definition) is 3. The fourth-order valence-electron chi connectivity index (χ4n) is 5.96. The van der Waals surface area contributed by atoms with E-state index >= 15 is 0 Å². The molecule has 1 aliphatic heterocycles. The molecule has 1 saturated heterocycles. The number of amides is 4. The predicted molar refractivity (Wildman–Crippen MR) is 212 cm³/mol. The minimum atomic E-state index is -0.508. The standard InChI is InChI=1S/C40H51N7O5S2/c1-29(2)38-43-34(27-53-38)25-46(3)39(49)45-36(16-17-47-18-20-51-21-19-47)37(48)42-32(22-30-10-6-4-7-11-30)14-15-33(23-31-12-8-5-9-13-31)44-40(50)52-26-35-24-41-28-54-35/h4-13,16,24,27-29,32-33H,14-15,17-23,25-26H2,1-3H3,(H,42,48)(H,44,50)(H,45,49)/b36-16+/t32-,33-/m1/s1. The number of aromatic nitrogens is 2. The number of alkyl carbamates (subject to hydrolysis) is 1. The van der Waals surface area contributed by atoms with Crippen LogP contribution < -0.4 is 16.0 Å². The van der Waals surface area contributed by atoms with Crippen LogP contribution in [0.1, 0.15) is 59.3 Å². The second kappa shape index (κ2) is 21.3. The Kier molecular flexibility index (Phi) is 16.0. The molecule has 0 radical (unpaired) electrons. The van der Waals surface area contributed by atoms with Crippen molar-refractivity contribution in [1.29, 1.82) is 0 Å². The number of morpholine rings is 1. The molecule has 3 heterocycles. The average molecular weight is 774 g/mol. The second-order valence-corrected chi connectivity index (χ2v) is 15.5. The van der Waals surface area contributed by atoms with Crippen LogP contribution in [-0.4, -0.2) is 89.8 Å². The highest BCUT2D eigenvalue weighted by Gasteiger charge is 2.23. The average Bonchev–Trinajstić information content (AvgIpc) is 3.89. The van der Waals surface area contributed by atoms with Crippen LogP contribution in [0.5, 0.6) is 0 Å². The lowest BCUT2D eigenvalue weighted by Gasteiger charge is -2.26. The fourth-order valence-corrected chi connectivity index (χ4v) is 7.29. The van der Waals surface area contributed by atoms with E-state index in [1.165, 1.54) is 16.2 Å². The fraction of sp³-hybridized carbons (Fsp3) is 0.425. The predicted octanol–water partition coefficient (Wildman–Crippen LogP) is 6.13. The summed E-state index contributed by atoms with van der Waals surface area (Å²) in [4.78, 5) is 54.0. The highest BCUT2D eigenvalue weighted by atomic mass is 32.1. The summed E-state index contributed by atoms with van der Waals surface area (Å²) in [5.41, 5.74) is 4.83. The number of nitrogens with zero attached hydrogens (tertiary/aromatic N) is 4. The van der Waals surface area contributed by atoms with Crippen molar-refractivity contribution in [2.45, 2.75) is 70.7 Å². The van der Waals surface area contributed by atoms with Crippen molar-refractivity contribution in [3.05, 3.63) is 116 Å². The van der Waals surface area contributed by atoms with Crippen LogP contribution in [-0.2, 0) is 40.3 Å². The lowest BCUT2D eigenvalue weighted by Crippen LogP contribution is -2.45. The minimum Gasteiger partial charge on any atom is -0.444 e. The first-order chi connectivity index (χ1) is 26.2. The van der Waals surface area contributed by atoms with Gasteiger partial charge in [-0.25, -0.2) is 14.6 Å². The molecule has 1 fully saturated rings. The first-order valence-electron chi connectivity index (χ1n) is 18.4. The lowest BCUT2D eigenvalue weighted by atomic mass is 9.96. The first-order valence-corrected chi connectivity index (χ1v) is 20.1. The summed E-state index contributed by atoms with van der Waals surface area (Å²) in [6, 6.07) is 19.0. The SMILES string of the molecule is CC(C)c1nc(CN(C)C(=O)N/C(=C/CN2CCOCC2)C(=O)N[C@H](CC[C@H](Cc2ccccc2)NC(=O)OCc2cncs2)Cc2ccccc2)cs1. The van der Waals surface area contributed by atoms with Gasteiger partial charge in [0.2, 0.25) is 0 Å². The van der Waals surface area contributed by atoms with Crippen LogP contribution in [0, 0.1) is 0 Å². The van der Waals surface area contributed by atoms with Crippen molar-refractivity contribution in [3.63, 3.8) is 0 Å². The molecular weight excluding hydrogens is 723 g/mol. The molecular formula is C40H51N7O5S2. The highest BCUT2D eigenvalue weighted by Crippen LogP contribution is 2.20. The van der Waals surface area contributed by atoms with Gasteiger partial charge in [-0.1, -0.05) is 74.5 Å². The van der Waals surface area contributed by atoms with Crippen LogP contribution in [0.2, 0.25) is 0 Å². The molecule has 54 heavy (non-hydrogen) atoms. The molecule has 0 unspecified atom stereocenters. The molecule has 0 aliphatic carbocycles. The van der Waals surface area contributed by atoms with Crippen LogP contribution in [0.15, 0.2) is 89.5 Å². The Bertz CT molecular complexity index is 1760. The summed E-state index contributed by atoms with van der Waals surface area (Å²) in [5.74, 6) is -0.0734. The summed E-state index contributed by atoms with van der Waals surface area (Å²) in [6.45, 7) is 7.83. The van der Waals surface area contributed by atoms with Crippen molar-refractivity contribution >= 4 is 40.7 Å². The third-order valence-corrected chi connectivity index (χ3v) is 10.9. The first kappa shape index (κ1) is 40.6. The smallest absolute Gasteiger partial charge is 0.407 e. The van der Waals surface area contributed by atoms with E-state index < -0.39 is 12.1 Å². The van der Waals surface area contributed by atoms with Crippen molar-refractivity contribution in [2.24, 2.45) is 0 Å². The minimum absolute atomic E-state index is 0.143. The molecule has 0 spiro atoms. The second-order valence-electron chi connectivity index (χ2n) is 13.7. The third-order valence-electron chi connectivity index (χ3n) is 8.95. The van der Waals surface area contributed by atoms with Crippen LogP contribution in [0.3, 0.4) is 0 Å². The summed E-state index contributed by atoms with van der Waals surface area (Å²) in [6.07, 6.45) is 5.23. The van der Waals surface area contributed by atoms with Crippen molar-refractivity contribution < 1.29 is 23.9 Å². The monoisotopic (exact) mass is 773 g/mol. The zero-order valence-corrected chi connectivity index (χ0v) is 32.9. The van der Waals surface area contributed by atoms with E-state index in [4.69, 9.17) is 9.47 Å². The number of urea groups is 1. The number of ether oxygens (including phenoxy) is 2. The Morgan fingerprint density at radius 2 is 1.59 bits per heavy atom. The zero-order valence-electron chi connectivity index (χ0n) is 31.2. The van der Waals surface area contributed by atoms with E-state index in [0.717, 1.165) is 39.8 Å². The molecule has 14 heteroatoms. The van der Waals surface area contributed by atoms with Gasteiger partial charge in [0.1, 0.15) is 12.3 Å². The quantitative estimate of drug-likeness (QED) is 0.103. The molecule has 4 aromatic rings. The van der Waals surface area contributed by atoms with E-state index in [-0.39, 0.29) is 30.3 Å². The Hall–Kier alpha value is -4.63. The summed E-state index contributed by atoms with van der Waals surface area (Å²) in [5, 5.41) is 12.2. The molecule has 1 aliphatic rings. The lowest BCUT2D eigenvalue weighted by molar-refractivity contribution is -0.118. The van der Waals surface area contributed by atoms with Gasteiger partial charge in [0.25, 0.3) is 5.91 Å². The number of benzene rings is 2. The Balaban J connectivity index is 1.30. The largest absolute Gasteiger partial charge is 0.444 e. The van der Waals surface area contributed by atoms with E-state index in [9.17, 15) is 14.4 Å². The maximum Gasteiger partial charge on any atom is 0.407 e. The topological polar surface area (TPSA) is 138 Å². The molecule has 0 bridgehead atoms. The Morgan fingerprint density at radius 3 is 2.19 bits per heavy atom. The Morgan fingerprint density at radius 1 is 0.944 bits per heavy atom. The van der Waals surface area contributed by atoms with Gasteiger partial charge in [0.15, 0.2) is 0 Å². The number of carbonyl (C=O) groups is 3. The van der Waals surface area contributed by atoms with E-state index in [1.807, 2.05) is 66.0 Å². The van der Waals surface area contributed by atoms with Crippen molar-refractivity contribution in [1.82, 2.24) is 35.7 Å². The maximum atomic E-state index is 14.2. The summed E-state index contributed by atoms with van der Waals surface area (Å²) < 4.78 is 11.0. The van der Waals surface area contributed by atoms with Gasteiger partial charge >= 0.3 is 12.1 Å². The summed E-state index contributed by atoms with van der Waals surface area (Å²) >= 11 is 3.01. The molecule has 288 valence electrons. The summed E-state index contributed by atoms with van der Waals surface area (Å²) in [7, 11) is 1.70. The van der Waals surface area contributed by atoms with Crippen molar-refractivity contribution in [3.8, 4) is 0 Å². The van der Waals surface area contributed by atoms with Gasteiger partial charge in [0.05, 0.1) is 40.8 Å². The molecule has 2 atom stereocenters. The van der Waals surface area contributed by atoms with E-state index in [2.05, 4.69) is 44.7 Å². The van der Waals surface area contributed by atoms with Crippen molar-refractivity contribution in [2.75, 3.05) is 39.9 Å².